The Morgan fingerprint density at radius 3 is 2.95 bits per heavy atom. The molecule has 1 fully saturated rings. The number of aromatic amines is 1. The van der Waals surface area contributed by atoms with Gasteiger partial charge in [-0.3, -0.25) is 19.4 Å². The minimum absolute atomic E-state index is 0.150. The summed E-state index contributed by atoms with van der Waals surface area (Å²) in [6.07, 6.45) is 4.75. The van der Waals surface area contributed by atoms with Crippen LogP contribution in [0.2, 0.25) is 0 Å². The molecule has 21 heavy (non-hydrogen) atoms. The fourth-order valence-electron chi connectivity index (χ4n) is 2.73. The van der Waals surface area contributed by atoms with E-state index >= 15 is 0 Å². The van der Waals surface area contributed by atoms with Crippen LogP contribution in [-0.4, -0.2) is 43.2 Å². The lowest BCUT2D eigenvalue weighted by Gasteiger charge is -2.23. The van der Waals surface area contributed by atoms with Gasteiger partial charge in [-0.1, -0.05) is 0 Å². The van der Waals surface area contributed by atoms with Crippen molar-refractivity contribution in [2.45, 2.75) is 18.9 Å². The van der Waals surface area contributed by atoms with Crippen LogP contribution in [-0.2, 0) is 7.05 Å². The molecule has 1 aliphatic heterocycles. The zero-order chi connectivity index (χ0) is 15.0. The molecule has 1 atom stereocenters. The van der Waals surface area contributed by atoms with E-state index < -0.39 is 5.91 Å². The summed E-state index contributed by atoms with van der Waals surface area (Å²) in [4.78, 5) is 25.7. The van der Waals surface area contributed by atoms with Crippen LogP contribution in [0, 0.1) is 0 Å². The number of nitrogens with zero attached hydrogens (tertiary/aromatic N) is 4. The Balaban J connectivity index is 1.90. The second kappa shape index (κ2) is 5.04. The molecule has 8 nitrogen and oxygen atoms in total. The third-order valence-electron chi connectivity index (χ3n) is 3.71. The second-order valence-electron chi connectivity index (χ2n) is 5.09. The van der Waals surface area contributed by atoms with E-state index in [0.29, 0.717) is 23.5 Å². The number of nitrogens with two attached hydrogens (primary N) is 1. The van der Waals surface area contributed by atoms with E-state index in [1.165, 1.54) is 6.20 Å². The average molecular weight is 288 g/mol. The number of rotatable bonds is 3. The van der Waals surface area contributed by atoms with Gasteiger partial charge in [0.05, 0.1) is 23.5 Å². The maximum atomic E-state index is 12.5. The van der Waals surface area contributed by atoms with Crippen LogP contribution >= 0.6 is 0 Å². The lowest BCUT2D eigenvalue weighted by molar-refractivity contribution is 0.0723. The molecule has 1 saturated heterocycles. The van der Waals surface area contributed by atoms with Gasteiger partial charge in [0.25, 0.3) is 11.8 Å². The predicted molar refractivity (Wildman–Crippen MR) is 73.3 cm³/mol. The normalized spacial score (nSPS) is 18.1. The number of carbonyl (C=O) groups is 2. The quantitative estimate of drug-likeness (QED) is 0.841. The summed E-state index contributed by atoms with van der Waals surface area (Å²) in [7, 11) is 1.76. The van der Waals surface area contributed by atoms with E-state index in [2.05, 4.69) is 15.3 Å². The molecule has 2 aromatic heterocycles. The molecule has 2 aromatic rings. The molecule has 2 amide bonds. The van der Waals surface area contributed by atoms with E-state index in [1.807, 2.05) is 0 Å². The smallest absolute Gasteiger partial charge is 0.274 e. The summed E-state index contributed by atoms with van der Waals surface area (Å²) in [6.45, 7) is 0.622. The summed E-state index contributed by atoms with van der Waals surface area (Å²) >= 11 is 0. The fraction of sp³-hybridized carbons (Fsp3) is 0.385. The highest BCUT2D eigenvalue weighted by molar-refractivity contribution is 5.95. The van der Waals surface area contributed by atoms with Crippen molar-refractivity contribution in [1.29, 1.82) is 0 Å². The van der Waals surface area contributed by atoms with Crippen LogP contribution in [0.1, 0.15) is 45.4 Å². The Bertz CT molecular complexity index is 688. The number of amides is 2. The average Bonchev–Trinajstić information content (AvgIpc) is 3.16. The molecule has 0 unspecified atom stereocenters. The van der Waals surface area contributed by atoms with Crippen molar-refractivity contribution in [2.75, 3.05) is 6.54 Å². The maximum absolute atomic E-state index is 12.5. The van der Waals surface area contributed by atoms with Gasteiger partial charge in [0.15, 0.2) is 0 Å². The highest BCUT2D eigenvalue weighted by atomic mass is 16.2. The molecule has 0 aromatic carbocycles. The molecular weight excluding hydrogens is 272 g/mol. The summed E-state index contributed by atoms with van der Waals surface area (Å²) in [5, 5.41) is 10.8. The van der Waals surface area contributed by atoms with Gasteiger partial charge < -0.3 is 10.6 Å². The zero-order valence-corrected chi connectivity index (χ0v) is 11.6. The molecule has 1 aliphatic rings. The minimum atomic E-state index is -0.545. The van der Waals surface area contributed by atoms with Crippen LogP contribution in [0.15, 0.2) is 18.5 Å². The van der Waals surface area contributed by atoms with Crippen LogP contribution in [0.25, 0.3) is 0 Å². The molecule has 3 heterocycles. The molecular formula is C13H16N6O2. The number of aromatic nitrogens is 4. The molecule has 0 saturated carbocycles. The van der Waals surface area contributed by atoms with E-state index in [-0.39, 0.29) is 11.9 Å². The maximum Gasteiger partial charge on any atom is 0.274 e. The number of aryl methyl sites for hydroxylation is 1. The lowest BCUT2D eigenvalue weighted by atomic mass is 10.1. The van der Waals surface area contributed by atoms with Crippen molar-refractivity contribution >= 4 is 11.8 Å². The third kappa shape index (κ3) is 2.28. The standard InChI is InChI=1S/C13H16N6O2/c1-18-6-4-9(17-18)13(21)19-5-2-3-10(19)11-8(12(14)20)7-15-16-11/h4,6-7,10H,2-3,5H2,1H3,(H2,14,20)(H,15,16)/t10-/m1/s1. The number of likely N-dealkylation sites (tertiary alicyclic amines) is 1. The highest BCUT2D eigenvalue weighted by Crippen LogP contribution is 2.33. The van der Waals surface area contributed by atoms with Crippen molar-refractivity contribution in [3.05, 3.63) is 35.4 Å². The molecule has 0 spiro atoms. The largest absolute Gasteiger partial charge is 0.365 e. The van der Waals surface area contributed by atoms with Gasteiger partial charge in [-0.25, -0.2) is 0 Å². The molecule has 3 rings (SSSR count). The van der Waals surface area contributed by atoms with Gasteiger partial charge in [0.2, 0.25) is 0 Å². The van der Waals surface area contributed by atoms with Crippen LogP contribution in [0.3, 0.4) is 0 Å². The predicted octanol–water partition coefficient (Wildman–Crippen LogP) is 0.219. The van der Waals surface area contributed by atoms with Gasteiger partial charge >= 0.3 is 0 Å². The number of hydrogen-bond donors (Lipinski definition) is 2. The van der Waals surface area contributed by atoms with Crippen molar-refractivity contribution < 1.29 is 9.59 Å². The first-order valence-electron chi connectivity index (χ1n) is 6.71. The summed E-state index contributed by atoms with van der Waals surface area (Å²) in [6, 6.07) is 1.46. The fourth-order valence-corrected chi connectivity index (χ4v) is 2.73. The summed E-state index contributed by atoms with van der Waals surface area (Å²) in [5.74, 6) is -0.695. The first-order valence-corrected chi connectivity index (χ1v) is 6.71. The highest BCUT2D eigenvalue weighted by Gasteiger charge is 2.34. The SMILES string of the molecule is Cn1ccc(C(=O)N2CCC[C@@H]2c2[nH]ncc2C(N)=O)n1. The van der Waals surface area contributed by atoms with Crippen molar-refractivity contribution in [1.82, 2.24) is 24.9 Å². The first kappa shape index (κ1) is 13.3. The summed E-state index contributed by atoms with van der Waals surface area (Å²) < 4.78 is 1.59. The number of H-pyrrole nitrogens is 1. The second-order valence-corrected chi connectivity index (χ2v) is 5.09. The van der Waals surface area contributed by atoms with E-state index in [1.54, 1.807) is 28.9 Å². The van der Waals surface area contributed by atoms with Crippen molar-refractivity contribution in [3.8, 4) is 0 Å². The number of carbonyl (C=O) groups excluding carboxylic acids is 2. The lowest BCUT2D eigenvalue weighted by Crippen LogP contribution is -2.32. The van der Waals surface area contributed by atoms with Crippen molar-refractivity contribution in [3.63, 3.8) is 0 Å². The molecule has 0 bridgehead atoms. The number of primary amides is 1. The molecule has 0 aliphatic carbocycles. The van der Waals surface area contributed by atoms with Gasteiger partial charge in [-0.2, -0.15) is 10.2 Å². The molecule has 110 valence electrons. The van der Waals surface area contributed by atoms with Gasteiger partial charge in [0.1, 0.15) is 5.69 Å². The molecule has 0 radical (unpaired) electrons. The van der Waals surface area contributed by atoms with Crippen molar-refractivity contribution in [2.24, 2.45) is 12.8 Å². The number of hydrogen-bond acceptors (Lipinski definition) is 4. The molecule has 3 N–H and O–H groups in total. The Morgan fingerprint density at radius 2 is 2.29 bits per heavy atom. The van der Waals surface area contributed by atoms with Crippen LogP contribution in [0.5, 0.6) is 0 Å². The molecule has 8 heteroatoms. The van der Waals surface area contributed by atoms with E-state index in [9.17, 15) is 9.59 Å². The van der Waals surface area contributed by atoms with E-state index in [4.69, 9.17) is 5.73 Å². The Kier molecular flexibility index (Phi) is 3.20. The Labute approximate surface area is 120 Å². The van der Waals surface area contributed by atoms with E-state index in [0.717, 1.165) is 12.8 Å². The van der Waals surface area contributed by atoms with Gasteiger partial charge in [-0.05, 0) is 18.9 Å². The minimum Gasteiger partial charge on any atom is -0.365 e. The Morgan fingerprint density at radius 1 is 1.48 bits per heavy atom. The van der Waals surface area contributed by atoms with Crippen LogP contribution in [0.4, 0.5) is 0 Å². The Hall–Kier alpha value is -2.64. The van der Waals surface area contributed by atoms with Crippen LogP contribution < -0.4 is 5.73 Å². The monoisotopic (exact) mass is 288 g/mol. The van der Waals surface area contributed by atoms with Gasteiger partial charge in [-0.15, -0.1) is 0 Å². The zero-order valence-electron chi connectivity index (χ0n) is 11.6. The van der Waals surface area contributed by atoms with Gasteiger partial charge in [0, 0.05) is 19.8 Å². The third-order valence-corrected chi connectivity index (χ3v) is 3.71. The first-order chi connectivity index (χ1) is 10.1. The summed E-state index contributed by atoms with van der Waals surface area (Å²) in [5.41, 5.74) is 6.67. The number of nitrogens with one attached hydrogen (secondary N) is 1. The topological polar surface area (TPSA) is 110 Å².